The highest BCUT2D eigenvalue weighted by molar-refractivity contribution is 7.90. The number of sulfone groups is 1. The average molecular weight is 388 g/mol. The highest BCUT2D eigenvalue weighted by Crippen LogP contribution is 2.10. The van der Waals surface area contributed by atoms with Gasteiger partial charge in [0.15, 0.2) is 15.8 Å². The van der Waals surface area contributed by atoms with Gasteiger partial charge in [-0.3, -0.25) is 4.99 Å². The average Bonchev–Trinajstić information content (AvgIpc) is 2.67. The lowest BCUT2D eigenvalue weighted by Gasteiger charge is -2.12. The Morgan fingerprint density at radius 3 is 1.70 bits per heavy atom. The van der Waals surface area contributed by atoms with Crippen LogP contribution in [0.1, 0.15) is 23.6 Å². The normalized spacial score (nSPS) is 12.0. The zero-order chi connectivity index (χ0) is 19.7. The Kier molecular flexibility index (Phi) is 7.85. The molecule has 0 atom stereocenters. The van der Waals surface area contributed by atoms with Crippen molar-refractivity contribution in [2.75, 3.05) is 26.4 Å². The molecule has 0 saturated carbocycles. The van der Waals surface area contributed by atoms with E-state index >= 15 is 0 Å². The summed E-state index contributed by atoms with van der Waals surface area (Å²) in [7, 11) is -1.38. The van der Waals surface area contributed by atoms with E-state index in [4.69, 9.17) is 0 Å². The fourth-order valence-electron chi connectivity index (χ4n) is 2.72. The molecule has 2 aromatic carbocycles. The highest BCUT2D eigenvalue weighted by atomic mass is 32.2. The first-order chi connectivity index (χ1) is 12.9. The van der Waals surface area contributed by atoms with Crippen molar-refractivity contribution in [2.24, 2.45) is 4.99 Å². The maximum Gasteiger partial charge on any atom is 0.190 e. The van der Waals surface area contributed by atoms with E-state index in [0.29, 0.717) is 4.90 Å². The molecular formula is C21H29N3O2S. The monoisotopic (exact) mass is 387 g/mol. The quantitative estimate of drug-likeness (QED) is 0.540. The third-order valence-corrected chi connectivity index (χ3v) is 5.55. The lowest BCUT2D eigenvalue weighted by Crippen LogP contribution is -2.39. The van der Waals surface area contributed by atoms with Crippen LogP contribution in [0, 0.1) is 0 Å². The molecule has 0 bridgehead atoms. The second-order valence-electron chi connectivity index (χ2n) is 6.51. The zero-order valence-corrected chi connectivity index (χ0v) is 17.1. The molecule has 0 aliphatic rings. The second kappa shape index (κ2) is 10.1. The van der Waals surface area contributed by atoms with Gasteiger partial charge in [-0.25, -0.2) is 8.42 Å². The van der Waals surface area contributed by atoms with E-state index in [1.807, 2.05) is 12.1 Å². The van der Waals surface area contributed by atoms with Crippen molar-refractivity contribution in [3.63, 3.8) is 0 Å². The molecule has 2 rings (SSSR count). The molecule has 0 spiro atoms. The van der Waals surface area contributed by atoms with Crippen LogP contribution < -0.4 is 10.6 Å². The minimum Gasteiger partial charge on any atom is -0.356 e. The van der Waals surface area contributed by atoms with E-state index < -0.39 is 9.84 Å². The smallest absolute Gasteiger partial charge is 0.190 e. The number of nitrogens with zero attached hydrogens (tertiary/aromatic N) is 1. The van der Waals surface area contributed by atoms with E-state index in [-0.39, 0.29) is 0 Å². The molecule has 0 aromatic heterocycles. The van der Waals surface area contributed by atoms with Crippen LogP contribution in [0.5, 0.6) is 0 Å². The fraction of sp³-hybridized carbons (Fsp3) is 0.381. The van der Waals surface area contributed by atoms with E-state index in [9.17, 15) is 8.42 Å². The summed E-state index contributed by atoms with van der Waals surface area (Å²) in [4.78, 5) is 4.59. The number of guanidine groups is 1. The maximum atomic E-state index is 11.5. The van der Waals surface area contributed by atoms with Crippen molar-refractivity contribution in [2.45, 2.75) is 31.1 Å². The Balaban J connectivity index is 1.73. The van der Waals surface area contributed by atoms with Crippen molar-refractivity contribution in [1.82, 2.24) is 10.6 Å². The molecule has 0 amide bonds. The number of rotatable bonds is 8. The summed E-state index contributed by atoms with van der Waals surface area (Å²) < 4.78 is 23.0. The Labute approximate surface area is 162 Å². The Bertz CT molecular complexity index is 842. The van der Waals surface area contributed by atoms with Gasteiger partial charge in [-0.1, -0.05) is 43.3 Å². The summed E-state index contributed by atoms with van der Waals surface area (Å²) in [5.74, 6) is 0.771. The van der Waals surface area contributed by atoms with Gasteiger partial charge >= 0.3 is 0 Å². The molecule has 2 N–H and O–H groups in total. The molecule has 0 heterocycles. The molecule has 5 nitrogen and oxygen atoms in total. The number of aliphatic imine (C=N–C) groups is 1. The van der Waals surface area contributed by atoms with Crippen molar-refractivity contribution in [3.8, 4) is 0 Å². The van der Waals surface area contributed by atoms with Crippen molar-refractivity contribution >= 4 is 15.8 Å². The second-order valence-corrected chi connectivity index (χ2v) is 8.53. The summed E-state index contributed by atoms with van der Waals surface area (Å²) in [6.07, 6.45) is 4.02. The van der Waals surface area contributed by atoms with E-state index in [2.05, 4.69) is 46.8 Å². The molecule has 27 heavy (non-hydrogen) atoms. The molecular weight excluding hydrogens is 358 g/mol. The lowest BCUT2D eigenvalue weighted by atomic mass is 10.1. The van der Waals surface area contributed by atoms with E-state index in [0.717, 1.165) is 43.9 Å². The third-order valence-electron chi connectivity index (χ3n) is 4.42. The molecule has 0 aliphatic carbocycles. The van der Waals surface area contributed by atoms with Crippen molar-refractivity contribution < 1.29 is 8.42 Å². The molecule has 6 heteroatoms. The third kappa shape index (κ3) is 7.06. The summed E-state index contributed by atoms with van der Waals surface area (Å²) in [5.41, 5.74) is 3.75. The number of aryl methyl sites for hydroxylation is 1. The van der Waals surface area contributed by atoms with Gasteiger partial charge in [0, 0.05) is 26.4 Å². The SMILES string of the molecule is CCc1ccc(CCNC(=NC)NCCc2ccc(S(C)(=O)=O)cc2)cc1. The van der Waals surface area contributed by atoms with Crippen molar-refractivity contribution in [1.29, 1.82) is 0 Å². The summed E-state index contributed by atoms with van der Waals surface area (Å²) in [6, 6.07) is 15.7. The summed E-state index contributed by atoms with van der Waals surface area (Å²) in [5, 5.41) is 6.61. The van der Waals surface area contributed by atoms with Gasteiger partial charge in [-0.05, 0) is 48.1 Å². The molecule has 146 valence electrons. The predicted molar refractivity (Wildman–Crippen MR) is 112 cm³/mol. The van der Waals surface area contributed by atoms with Gasteiger partial charge in [0.05, 0.1) is 4.90 Å². The van der Waals surface area contributed by atoms with Crippen LogP contribution in [0.3, 0.4) is 0 Å². The number of hydrogen-bond donors (Lipinski definition) is 2. The van der Waals surface area contributed by atoms with Crippen LogP contribution in [0.2, 0.25) is 0 Å². The molecule has 0 saturated heterocycles. The van der Waals surface area contributed by atoms with Gasteiger partial charge in [0.1, 0.15) is 0 Å². The molecule has 0 unspecified atom stereocenters. The van der Waals surface area contributed by atoms with Gasteiger partial charge in [-0.2, -0.15) is 0 Å². The minimum absolute atomic E-state index is 0.351. The highest BCUT2D eigenvalue weighted by Gasteiger charge is 2.06. The number of hydrogen-bond acceptors (Lipinski definition) is 3. The van der Waals surface area contributed by atoms with Crippen LogP contribution in [-0.2, 0) is 29.1 Å². The Morgan fingerprint density at radius 2 is 1.30 bits per heavy atom. The van der Waals surface area contributed by atoms with E-state index in [1.165, 1.54) is 17.4 Å². The largest absolute Gasteiger partial charge is 0.356 e. The Morgan fingerprint density at radius 1 is 0.852 bits per heavy atom. The van der Waals surface area contributed by atoms with Gasteiger partial charge in [0.25, 0.3) is 0 Å². The van der Waals surface area contributed by atoms with Gasteiger partial charge < -0.3 is 10.6 Å². The first-order valence-electron chi connectivity index (χ1n) is 9.23. The zero-order valence-electron chi connectivity index (χ0n) is 16.3. The standard InChI is InChI=1S/C21H29N3O2S/c1-4-17-5-7-18(8-6-17)13-15-23-21(22-2)24-16-14-19-9-11-20(12-10-19)27(3,25)26/h5-12H,4,13-16H2,1-3H3,(H2,22,23,24). The van der Waals surface area contributed by atoms with Crippen molar-refractivity contribution in [3.05, 3.63) is 65.2 Å². The first kappa shape index (κ1) is 21.0. The molecule has 0 aliphatic heterocycles. The fourth-order valence-corrected chi connectivity index (χ4v) is 3.35. The number of benzene rings is 2. The first-order valence-corrected chi connectivity index (χ1v) is 11.1. The number of nitrogens with one attached hydrogen (secondary N) is 2. The Hall–Kier alpha value is -2.34. The summed E-state index contributed by atoms with van der Waals surface area (Å²) >= 11 is 0. The van der Waals surface area contributed by atoms with Crippen LogP contribution in [0.15, 0.2) is 58.4 Å². The van der Waals surface area contributed by atoms with Gasteiger partial charge in [0.2, 0.25) is 0 Å². The predicted octanol–water partition coefficient (Wildman–Crippen LogP) is 2.60. The molecule has 0 radical (unpaired) electrons. The van der Waals surface area contributed by atoms with Crippen LogP contribution in [0.25, 0.3) is 0 Å². The molecule has 2 aromatic rings. The van der Waals surface area contributed by atoms with Crippen LogP contribution in [0.4, 0.5) is 0 Å². The lowest BCUT2D eigenvalue weighted by molar-refractivity contribution is 0.602. The van der Waals surface area contributed by atoms with Gasteiger partial charge in [-0.15, -0.1) is 0 Å². The van der Waals surface area contributed by atoms with Crippen LogP contribution in [-0.4, -0.2) is 40.8 Å². The molecule has 0 fully saturated rings. The van der Waals surface area contributed by atoms with Crippen LogP contribution >= 0.6 is 0 Å². The minimum atomic E-state index is -3.14. The van der Waals surface area contributed by atoms with E-state index in [1.54, 1.807) is 19.2 Å². The summed E-state index contributed by atoms with van der Waals surface area (Å²) in [6.45, 7) is 3.70. The topological polar surface area (TPSA) is 70.6 Å². The maximum absolute atomic E-state index is 11.5.